The minimum Gasteiger partial charge on any atom is -0.497 e. The summed E-state index contributed by atoms with van der Waals surface area (Å²) in [5, 5.41) is 15.1. The SMILES string of the molecule is CCOc1ccc(NC(=O)[C@@H]2[C@H]3C(=O)N(CCCCCCO)C(C(=O)Nc4ccc(OC)cc4)C34CC[C@@]2(C)O4)cc1. The van der Waals surface area contributed by atoms with E-state index in [0.717, 1.165) is 12.8 Å². The third kappa shape index (κ3) is 5.45. The molecule has 3 aliphatic heterocycles. The molecular weight excluding hydrogens is 538 g/mol. The van der Waals surface area contributed by atoms with Crippen LogP contribution in [0.15, 0.2) is 48.5 Å². The van der Waals surface area contributed by atoms with Gasteiger partial charge in [-0.2, -0.15) is 0 Å². The number of aliphatic hydroxyl groups is 1. The van der Waals surface area contributed by atoms with Gasteiger partial charge in [-0.1, -0.05) is 12.8 Å². The highest BCUT2D eigenvalue weighted by molar-refractivity contribution is 6.05. The maximum atomic E-state index is 14.2. The molecule has 5 rings (SSSR count). The normalized spacial score (nSPS) is 27.6. The van der Waals surface area contributed by atoms with E-state index >= 15 is 0 Å². The standard InChI is InChI=1S/C32H41N3O7/c1-4-41-24-15-11-21(12-16-24)33-28(37)25-26-30(39)35(19-7-5-6-8-20-36)27(32(26)18-17-31(25,2)42-32)29(38)34-22-9-13-23(40-3)14-10-22/h9-16,25-27,36H,4-8,17-20H2,1-3H3,(H,33,37)(H,34,38)/t25-,26-,27?,31+,32?/m0/s1. The smallest absolute Gasteiger partial charge is 0.250 e. The van der Waals surface area contributed by atoms with Gasteiger partial charge in [0.05, 0.1) is 31.2 Å². The molecule has 42 heavy (non-hydrogen) atoms. The third-order valence-corrected chi connectivity index (χ3v) is 8.90. The van der Waals surface area contributed by atoms with Crippen LogP contribution in [-0.2, 0) is 19.1 Å². The van der Waals surface area contributed by atoms with Crippen molar-refractivity contribution in [2.75, 3.05) is 37.5 Å². The molecule has 226 valence electrons. The number of methoxy groups -OCH3 is 1. The summed E-state index contributed by atoms with van der Waals surface area (Å²) in [5.74, 6) is -0.995. The molecular formula is C32H41N3O7. The Morgan fingerprint density at radius 2 is 1.57 bits per heavy atom. The van der Waals surface area contributed by atoms with E-state index in [1.54, 1.807) is 60.5 Å². The van der Waals surface area contributed by atoms with E-state index < -0.39 is 29.1 Å². The fourth-order valence-corrected chi connectivity index (χ4v) is 7.02. The number of rotatable bonds is 13. The largest absolute Gasteiger partial charge is 0.497 e. The zero-order valence-corrected chi connectivity index (χ0v) is 24.6. The zero-order chi connectivity index (χ0) is 29.9. The van der Waals surface area contributed by atoms with Crippen LogP contribution in [0.5, 0.6) is 11.5 Å². The first-order chi connectivity index (χ1) is 20.3. The topological polar surface area (TPSA) is 126 Å². The minimum absolute atomic E-state index is 0.123. The Kier molecular flexibility index (Phi) is 8.75. The van der Waals surface area contributed by atoms with E-state index in [1.165, 1.54) is 0 Å². The number of likely N-dealkylation sites (tertiary alicyclic amines) is 1. The summed E-state index contributed by atoms with van der Waals surface area (Å²) >= 11 is 0. The fourth-order valence-electron chi connectivity index (χ4n) is 7.02. The molecule has 10 nitrogen and oxygen atoms in total. The molecule has 3 saturated heterocycles. The van der Waals surface area contributed by atoms with E-state index in [0.29, 0.717) is 61.7 Å². The zero-order valence-electron chi connectivity index (χ0n) is 24.6. The lowest BCUT2D eigenvalue weighted by Gasteiger charge is -2.33. The van der Waals surface area contributed by atoms with Crippen LogP contribution in [0, 0.1) is 11.8 Å². The van der Waals surface area contributed by atoms with Crippen LogP contribution in [0.3, 0.4) is 0 Å². The summed E-state index contributed by atoms with van der Waals surface area (Å²) in [4.78, 5) is 43.6. The third-order valence-electron chi connectivity index (χ3n) is 8.90. The molecule has 3 aliphatic rings. The lowest BCUT2D eigenvalue weighted by atomic mass is 9.66. The summed E-state index contributed by atoms with van der Waals surface area (Å²) in [7, 11) is 1.58. The van der Waals surface area contributed by atoms with Gasteiger partial charge in [-0.25, -0.2) is 0 Å². The van der Waals surface area contributed by atoms with Gasteiger partial charge in [-0.05, 0) is 88.1 Å². The number of carbonyl (C=O) groups excluding carboxylic acids is 3. The second kappa shape index (κ2) is 12.3. The Labute approximate surface area is 246 Å². The van der Waals surface area contributed by atoms with Crippen molar-refractivity contribution >= 4 is 29.1 Å². The van der Waals surface area contributed by atoms with Crippen LogP contribution >= 0.6 is 0 Å². The number of hydrogen-bond donors (Lipinski definition) is 3. The number of benzene rings is 2. The molecule has 2 bridgehead atoms. The van der Waals surface area contributed by atoms with Gasteiger partial charge in [0.2, 0.25) is 17.7 Å². The van der Waals surface area contributed by atoms with Crippen molar-refractivity contribution in [2.24, 2.45) is 11.8 Å². The van der Waals surface area contributed by atoms with Crippen molar-refractivity contribution in [1.82, 2.24) is 4.90 Å². The van der Waals surface area contributed by atoms with Gasteiger partial charge in [-0.3, -0.25) is 14.4 Å². The molecule has 2 aromatic rings. The average Bonchev–Trinajstić information content (AvgIpc) is 3.55. The Balaban J connectivity index is 1.41. The number of carbonyl (C=O) groups is 3. The van der Waals surface area contributed by atoms with E-state index in [1.807, 2.05) is 13.8 Å². The van der Waals surface area contributed by atoms with Crippen LogP contribution in [0.1, 0.15) is 52.4 Å². The Morgan fingerprint density at radius 1 is 0.952 bits per heavy atom. The first-order valence-corrected chi connectivity index (χ1v) is 14.9. The monoisotopic (exact) mass is 579 g/mol. The number of aliphatic hydroxyl groups excluding tert-OH is 1. The van der Waals surface area contributed by atoms with Crippen LogP contribution in [0.25, 0.3) is 0 Å². The molecule has 2 unspecified atom stereocenters. The molecule has 1 spiro atoms. The van der Waals surface area contributed by atoms with Crippen molar-refractivity contribution in [2.45, 2.75) is 69.6 Å². The first-order valence-electron chi connectivity index (χ1n) is 14.9. The van der Waals surface area contributed by atoms with Gasteiger partial charge in [0.1, 0.15) is 23.1 Å². The number of nitrogens with one attached hydrogen (secondary N) is 2. The molecule has 10 heteroatoms. The highest BCUT2D eigenvalue weighted by Crippen LogP contribution is 2.63. The maximum Gasteiger partial charge on any atom is 0.250 e. The summed E-state index contributed by atoms with van der Waals surface area (Å²) in [6.07, 6.45) is 4.09. The van der Waals surface area contributed by atoms with Gasteiger partial charge in [0.25, 0.3) is 0 Å². The lowest BCUT2D eigenvalue weighted by Crippen LogP contribution is -2.53. The van der Waals surface area contributed by atoms with Gasteiger partial charge in [-0.15, -0.1) is 0 Å². The summed E-state index contributed by atoms with van der Waals surface area (Å²) in [6.45, 7) is 4.83. The number of ether oxygens (including phenoxy) is 3. The fraction of sp³-hybridized carbons (Fsp3) is 0.531. The Bertz CT molecular complexity index is 1280. The molecule has 3 N–H and O–H groups in total. The van der Waals surface area contributed by atoms with E-state index in [-0.39, 0.29) is 24.3 Å². The molecule has 0 saturated carbocycles. The quantitative estimate of drug-likeness (QED) is 0.306. The van der Waals surface area contributed by atoms with Crippen molar-refractivity contribution in [3.05, 3.63) is 48.5 Å². The highest BCUT2D eigenvalue weighted by Gasteiger charge is 2.77. The Morgan fingerprint density at radius 3 is 2.19 bits per heavy atom. The van der Waals surface area contributed by atoms with Gasteiger partial charge >= 0.3 is 0 Å². The molecule has 0 aromatic heterocycles. The van der Waals surface area contributed by atoms with Crippen LogP contribution in [0.4, 0.5) is 11.4 Å². The number of nitrogens with zero attached hydrogens (tertiary/aromatic N) is 1. The van der Waals surface area contributed by atoms with Crippen molar-refractivity contribution < 1.29 is 33.7 Å². The second-order valence-corrected chi connectivity index (χ2v) is 11.6. The average molecular weight is 580 g/mol. The van der Waals surface area contributed by atoms with E-state index in [9.17, 15) is 14.4 Å². The second-order valence-electron chi connectivity index (χ2n) is 11.6. The maximum absolute atomic E-state index is 14.2. The predicted octanol–water partition coefficient (Wildman–Crippen LogP) is 3.99. The number of amides is 3. The van der Waals surface area contributed by atoms with Crippen molar-refractivity contribution in [1.29, 1.82) is 0 Å². The first kappa shape index (κ1) is 29.8. The van der Waals surface area contributed by atoms with E-state index in [2.05, 4.69) is 10.6 Å². The van der Waals surface area contributed by atoms with E-state index in [4.69, 9.17) is 19.3 Å². The molecule has 3 heterocycles. The molecule has 0 radical (unpaired) electrons. The molecule has 0 aliphatic carbocycles. The minimum atomic E-state index is -1.10. The van der Waals surface area contributed by atoms with Crippen molar-refractivity contribution in [3.63, 3.8) is 0 Å². The van der Waals surface area contributed by atoms with Gasteiger partial charge < -0.3 is 34.9 Å². The summed E-state index contributed by atoms with van der Waals surface area (Å²) in [5.41, 5.74) is -0.793. The number of fused-ring (bicyclic) bond motifs is 1. The van der Waals surface area contributed by atoms with Gasteiger partial charge in [0, 0.05) is 24.5 Å². The Hall–Kier alpha value is -3.63. The number of hydrogen-bond acceptors (Lipinski definition) is 7. The molecule has 2 aromatic carbocycles. The molecule has 3 fully saturated rings. The van der Waals surface area contributed by atoms with Crippen molar-refractivity contribution in [3.8, 4) is 11.5 Å². The number of unbranched alkanes of at least 4 members (excludes halogenated alkanes) is 3. The number of anilines is 2. The van der Waals surface area contributed by atoms with Gasteiger partial charge in [0.15, 0.2) is 0 Å². The highest BCUT2D eigenvalue weighted by atomic mass is 16.5. The summed E-state index contributed by atoms with van der Waals surface area (Å²) in [6, 6.07) is 13.3. The molecule has 5 atom stereocenters. The van der Waals surface area contributed by atoms with Crippen LogP contribution < -0.4 is 20.1 Å². The molecule has 3 amide bonds. The predicted molar refractivity (Wildman–Crippen MR) is 157 cm³/mol. The van der Waals surface area contributed by atoms with Crippen LogP contribution in [0.2, 0.25) is 0 Å². The lowest BCUT2D eigenvalue weighted by molar-refractivity contribution is -0.143. The summed E-state index contributed by atoms with van der Waals surface area (Å²) < 4.78 is 17.4. The van der Waals surface area contributed by atoms with Crippen LogP contribution in [-0.4, -0.2) is 71.8 Å².